The number of aliphatic imine (C=N–C) groups is 1. The SMILES string of the molecule is Cc1ccc(S(=O)(=O)N2CCC(N3C(N)=Nc4[nH]ncc4C3N)Cc3ccccc32)cc1. The van der Waals surface area contributed by atoms with Crippen LogP contribution in [-0.2, 0) is 16.4 Å². The maximum Gasteiger partial charge on any atom is 0.264 e. The van der Waals surface area contributed by atoms with Gasteiger partial charge in [0.25, 0.3) is 10.0 Å². The Morgan fingerprint density at radius 1 is 1.12 bits per heavy atom. The molecule has 2 aliphatic rings. The van der Waals surface area contributed by atoms with Gasteiger partial charge in [-0.3, -0.25) is 9.40 Å². The Balaban J connectivity index is 1.52. The number of guanidine groups is 1. The van der Waals surface area contributed by atoms with Gasteiger partial charge in [-0.2, -0.15) is 10.1 Å². The molecule has 2 aliphatic heterocycles. The molecule has 2 unspecified atom stereocenters. The first-order chi connectivity index (χ1) is 15.4. The smallest absolute Gasteiger partial charge is 0.264 e. The summed E-state index contributed by atoms with van der Waals surface area (Å²) in [7, 11) is -3.73. The number of rotatable bonds is 3. The van der Waals surface area contributed by atoms with Crippen LogP contribution in [0.4, 0.5) is 11.5 Å². The number of benzene rings is 2. The number of aromatic amines is 1. The van der Waals surface area contributed by atoms with Gasteiger partial charge in [-0.1, -0.05) is 35.9 Å². The van der Waals surface area contributed by atoms with Crippen molar-refractivity contribution in [1.82, 2.24) is 15.1 Å². The first-order valence-corrected chi connectivity index (χ1v) is 11.9. The lowest BCUT2D eigenvalue weighted by atomic mass is 10.0. The number of nitrogens with one attached hydrogen (secondary N) is 1. The molecule has 0 saturated carbocycles. The van der Waals surface area contributed by atoms with Gasteiger partial charge in [-0.05, 0) is 43.5 Å². The van der Waals surface area contributed by atoms with Gasteiger partial charge in [-0.15, -0.1) is 0 Å². The molecule has 2 aromatic carbocycles. The van der Waals surface area contributed by atoms with Crippen molar-refractivity contribution in [3.05, 3.63) is 71.4 Å². The van der Waals surface area contributed by atoms with Crippen molar-refractivity contribution in [3.63, 3.8) is 0 Å². The molecule has 166 valence electrons. The maximum absolute atomic E-state index is 13.6. The third-order valence-electron chi connectivity index (χ3n) is 6.14. The number of fused-ring (bicyclic) bond motifs is 2. The summed E-state index contributed by atoms with van der Waals surface area (Å²) >= 11 is 0. The molecule has 0 saturated heterocycles. The van der Waals surface area contributed by atoms with Crippen LogP contribution in [0.1, 0.15) is 29.3 Å². The summed E-state index contributed by atoms with van der Waals surface area (Å²) in [5.41, 5.74) is 16.2. The molecule has 32 heavy (non-hydrogen) atoms. The average Bonchev–Trinajstić information content (AvgIpc) is 3.14. The molecule has 0 bridgehead atoms. The summed E-state index contributed by atoms with van der Waals surface area (Å²) in [6.07, 6.45) is 2.27. The first-order valence-electron chi connectivity index (χ1n) is 10.4. The van der Waals surface area contributed by atoms with E-state index in [0.29, 0.717) is 36.9 Å². The number of nitrogens with zero attached hydrogens (tertiary/aromatic N) is 4. The molecule has 0 radical (unpaired) electrons. The quantitative estimate of drug-likeness (QED) is 0.559. The molecular weight excluding hydrogens is 426 g/mol. The fraction of sp³-hybridized carbons (Fsp3) is 0.273. The largest absolute Gasteiger partial charge is 0.369 e. The molecule has 2 atom stereocenters. The van der Waals surface area contributed by atoms with Gasteiger partial charge in [0, 0.05) is 12.6 Å². The molecule has 0 amide bonds. The van der Waals surface area contributed by atoms with Gasteiger partial charge < -0.3 is 16.4 Å². The molecule has 10 heteroatoms. The number of H-pyrrole nitrogens is 1. The van der Waals surface area contributed by atoms with Crippen LogP contribution in [0, 0.1) is 6.92 Å². The van der Waals surface area contributed by atoms with Crippen molar-refractivity contribution in [1.29, 1.82) is 0 Å². The van der Waals surface area contributed by atoms with Crippen LogP contribution in [0.3, 0.4) is 0 Å². The molecule has 0 aliphatic carbocycles. The van der Waals surface area contributed by atoms with E-state index in [9.17, 15) is 8.42 Å². The fourth-order valence-corrected chi connectivity index (χ4v) is 5.98. The van der Waals surface area contributed by atoms with Crippen molar-refractivity contribution < 1.29 is 8.42 Å². The van der Waals surface area contributed by atoms with Gasteiger partial charge in [-0.25, -0.2) is 8.42 Å². The summed E-state index contributed by atoms with van der Waals surface area (Å²) < 4.78 is 28.7. The van der Waals surface area contributed by atoms with Crippen LogP contribution >= 0.6 is 0 Å². The van der Waals surface area contributed by atoms with Crippen LogP contribution in [-0.4, -0.2) is 42.1 Å². The summed E-state index contributed by atoms with van der Waals surface area (Å²) in [6.45, 7) is 2.23. The molecule has 3 heterocycles. The molecular formula is C22H25N7O2S. The highest BCUT2D eigenvalue weighted by atomic mass is 32.2. The molecule has 0 fully saturated rings. The second kappa shape index (κ2) is 7.64. The minimum Gasteiger partial charge on any atom is -0.369 e. The first kappa shape index (κ1) is 20.5. The molecule has 9 nitrogen and oxygen atoms in total. The van der Waals surface area contributed by atoms with E-state index in [1.807, 2.05) is 48.2 Å². The minimum atomic E-state index is -3.73. The monoisotopic (exact) mass is 451 g/mol. The van der Waals surface area contributed by atoms with Crippen molar-refractivity contribution >= 4 is 27.5 Å². The second-order valence-electron chi connectivity index (χ2n) is 8.16. The van der Waals surface area contributed by atoms with Gasteiger partial charge in [0.1, 0.15) is 6.17 Å². The van der Waals surface area contributed by atoms with E-state index < -0.39 is 16.2 Å². The third kappa shape index (κ3) is 3.32. The fourth-order valence-electron chi connectivity index (χ4n) is 4.47. The van der Waals surface area contributed by atoms with Crippen molar-refractivity contribution in [2.75, 3.05) is 10.8 Å². The van der Waals surface area contributed by atoms with Crippen LogP contribution in [0.15, 0.2) is 64.6 Å². The Kier molecular flexibility index (Phi) is 4.90. The number of hydrogen-bond donors (Lipinski definition) is 3. The van der Waals surface area contributed by atoms with Crippen LogP contribution in [0.25, 0.3) is 0 Å². The summed E-state index contributed by atoms with van der Waals surface area (Å²) in [5, 5.41) is 6.83. The Labute approximate surface area is 186 Å². The van der Waals surface area contributed by atoms with Crippen LogP contribution in [0.2, 0.25) is 0 Å². The molecule has 5 rings (SSSR count). The van der Waals surface area contributed by atoms with E-state index in [1.165, 1.54) is 4.31 Å². The number of aromatic nitrogens is 2. The number of anilines is 1. The van der Waals surface area contributed by atoms with E-state index in [4.69, 9.17) is 11.5 Å². The molecule has 5 N–H and O–H groups in total. The van der Waals surface area contributed by atoms with Crippen molar-refractivity contribution in [2.45, 2.75) is 36.9 Å². The van der Waals surface area contributed by atoms with E-state index in [-0.39, 0.29) is 10.9 Å². The zero-order valence-corrected chi connectivity index (χ0v) is 18.5. The van der Waals surface area contributed by atoms with E-state index >= 15 is 0 Å². The lowest BCUT2D eigenvalue weighted by molar-refractivity contribution is 0.226. The Morgan fingerprint density at radius 2 is 1.88 bits per heavy atom. The lowest BCUT2D eigenvalue weighted by Crippen LogP contribution is -2.52. The van der Waals surface area contributed by atoms with Gasteiger partial charge >= 0.3 is 0 Å². The van der Waals surface area contributed by atoms with Gasteiger partial charge in [0.15, 0.2) is 11.8 Å². The van der Waals surface area contributed by atoms with Crippen LogP contribution < -0.4 is 15.8 Å². The highest BCUT2D eigenvalue weighted by Gasteiger charge is 2.37. The van der Waals surface area contributed by atoms with E-state index in [2.05, 4.69) is 15.2 Å². The summed E-state index contributed by atoms with van der Waals surface area (Å²) in [5.74, 6) is 0.857. The van der Waals surface area contributed by atoms with Gasteiger partial charge in [0.05, 0.1) is 22.3 Å². The Bertz CT molecular complexity index is 1280. The number of nitrogens with two attached hydrogens (primary N) is 2. The van der Waals surface area contributed by atoms with Crippen molar-refractivity contribution in [3.8, 4) is 0 Å². The normalized spacial score (nSPS) is 20.9. The summed E-state index contributed by atoms with van der Waals surface area (Å²) in [4.78, 5) is 6.56. The van der Waals surface area contributed by atoms with E-state index in [0.717, 1.165) is 16.7 Å². The zero-order chi connectivity index (χ0) is 22.5. The topological polar surface area (TPSA) is 134 Å². The third-order valence-corrected chi connectivity index (χ3v) is 7.97. The number of hydrogen-bond acceptors (Lipinski definition) is 7. The van der Waals surface area contributed by atoms with Crippen LogP contribution in [0.5, 0.6) is 0 Å². The van der Waals surface area contributed by atoms with Crippen molar-refractivity contribution in [2.24, 2.45) is 16.5 Å². The Hall–Kier alpha value is -3.37. The minimum absolute atomic E-state index is 0.129. The lowest BCUT2D eigenvalue weighted by Gasteiger charge is -2.38. The Morgan fingerprint density at radius 3 is 2.66 bits per heavy atom. The standard InChI is InChI=1S/C22H25N7O2S/c1-14-6-8-17(9-7-14)32(30,31)28-11-10-16(12-15-4-2-3-5-19(15)28)29-20(23)18-13-25-27-21(18)26-22(29)24/h2-9,13,16,20H,10-12,23H2,1H3,(H3,24,25,26,27). The zero-order valence-electron chi connectivity index (χ0n) is 17.6. The average molecular weight is 452 g/mol. The number of para-hydroxylation sites is 1. The highest BCUT2D eigenvalue weighted by Crippen LogP contribution is 2.36. The predicted molar refractivity (Wildman–Crippen MR) is 123 cm³/mol. The van der Waals surface area contributed by atoms with Gasteiger partial charge in [0.2, 0.25) is 0 Å². The highest BCUT2D eigenvalue weighted by molar-refractivity contribution is 7.92. The number of sulfonamides is 1. The number of aryl methyl sites for hydroxylation is 1. The maximum atomic E-state index is 13.6. The van der Waals surface area contributed by atoms with E-state index in [1.54, 1.807) is 18.3 Å². The summed E-state index contributed by atoms with van der Waals surface area (Å²) in [6, 6.07) is 14.4. The molecule has 0 spiro atoms. The second-order valence-corrected chi connectivity index (χ2v) is 10.0. The predicted octanol–water partition coefficient (Wildman–Crippen LogP) is 2.15. The molecule has 1 aromatic heterocycles. The molecule has 3 aromatic rings.